The number of aliphatic carboxylic acids is 4. The molecule has 0 spiro atoms. The van der Waals surface area contributed by atoms with E-state index in [0.717, 1.165) is 0 Å². The van der Waals surface area contributed by atoms with Crippen molar-refractivity contribution in [1.82, 2.24) is 19.7 Å². The van der Waals surface area contributed by atoms with Gasteiger partial charge >= 0.3 is 5.97 Å². The molecule has 1 unspecified atom stereocenters. The number of carboxylic acids is 4. The molecule has 2 bridgehead atoms. The number of carbonyl (C=O) groups is 4. The van der Waals surface area contributed by atoms with E-state index < -0.39 is 49.4 Å². The molecule has 2 heterocycles. The Morgan fingerprint density at radius 1 is 0.906 bits per heavy atom. The normalized spacial score (nSPS) is 17.2. The summed E-state index contributed by atoms with van der Waals surface area (Å²) in [7, 11) is 0. The largest absolute Gasteiger partial charge is 0.549 e. The van der Waals surface area contributed by atoms with Gasteiger partial charge in [0, 0.05) is 89.2 Å². The molecule has 0 aliphatic carbocycles. The van der Waals surface area contributed by atoms with E-state index in [-0.39, 0.29) is 76.1 Å². The van der Waals surface area contributed by atoms with Gasteiger partial charge in [0.25, 0.3) is 0 Å². The van der Waals surface area contributed by atoms with Crippen LogP contribution in [-0.4, -0.2) is 94.0 Å². The Balaban J connectivity index is 0.00000512. The van der Waals surface area contributed by atoms with Gasteiger partial charge in [0.05, 0.1) is 41.8 Å². The van der Waals surface area contributed by atoms with Crippen molar-refractivity contribution in [3.8, 4) is 0 Å². The zero-order chi connectivity index (χ0) is 23.0. The van der Waals surface area contributed by atoms with Crippen molar-refractivity contribution in [2.45, 2.75) is 25.6 Å². The molecule has 1 aliphatic rings. The molecule has 13 heteroatoms. The number of carbonyl (C=O) groups excluding carboxylic acids is 3. The summed E-state index contributed by atoms with van der Waals surface area (Å²) in [6.07, 6.45) is -0.718. The van der Waals surface area contributed by atoms with E-state index in [1.807, 2.05) is 0 Å². The van der Waals surface area contributed by atoms with Crippen LogP contribution in [0, 0.1) is 36.9 Å². The standard InChI is InChI=1S/C19H26N4O8.Tm/c24-16(25)8-15(19(30)31)23-6-4-21(11-17(26)27)9-13-2-1-3-14(20-13)10-22(5-7-23)12-18(28)29;/h1-3,15H,4-12H2,(H,24,25)(H,26,27)(H,28,29)(H,30,31);/p-3. The first-order valence-corrected chi connectivity index (χ1v) is 9.60. The van der Waals surface area contributed by atoms with Crippen LogP contribution in [0.1, 0.15) is 17.8 Å². The van der Waals surface area contributed by atoms with E-state index in [0.29, 0.717) is 11.4 Å². The van der Waals surface area contributed by atoms with E-state index in [1.165, 1.54) is 14.7 Å². The number of nitrogens with zero attached hydrogens (tertiary/aromatic N) is 4. The van der Waals surface area contributed by atoms with Gasteiger partial charge in [0.1, 0.15) is 0 Å². The summed E-state index contributed by atoms with van der Waals surface area (Å²) in [5.41, 5.74) is 1.09. The summed E-state index contributed by atoms with van der Waals surface area (Å²) < 4.78 is 0. The van der Waals surface area contributed by atoms with Crippen molar-refractivity contribution in [2.24, 2.45) is 0 Å². The second-order valence-corrected chi connectivity index (χ2v) is 7.25. The predicted molar refractivity (Wildman–Crippen MR) is 97.4 cm³/mol. The van der Waals surface area contributed by atoms with Gasteiger partial charge in [-0.2, -0.15) is 0 Å². The number of pyridine rings is 1. The summed E-state index contributed by atoms with van der Waals surface area (Å²) in [6, 6.07) is 3.63. The van der Waals surface area contributed by atoms with Crippen molar-refractivity contribution in [3.05, 3.63) is 29.6 Å². The number of fused-ring (bicyclic) bond motifs is 2. The Kier molecular flexibility index (Phi) is 12.0. The minimum atomic E-state index is -1.58. The molecule has 0 amide bonds. The number of hydrogen-bond donors (Lipinski definition) is 1. The van der Waals surface area contributed by atoms with Crippen molar-refractivity contribution < 1.29 is 76.5 Å². The summed E-state index contributed by atoms with van der Waals surface area (Å²) in [6.45, 7) is -0.392. The summed E-state index contributed by atoms with van der Waals surface area (Å²) >= 11 is 0. The van der Waals surface area contributed by atoms with Crippen LogP contribution in [0.4, 0.5) is 0 Å². The molecule has 2 rings (SSSR count). The number of rotatable bonds is 8. The summed E-state index contributed by atoms with van der Waals surface area (Å²) in [5.74, 6) is -5.56. The average molecular weight is 604 g/mol. The molecule has 0 aromatic carbocycles. The molecule has 0 saturated heterocycles. The van der Waals surface area contributed by atoms with Gasteiger partial charge in [-0.1, -0.05) is 6.07 Å². The molecule has 1 N–H and O–H groups in total. The second-order valence-electron chi connectivity index (χ2n) is 7.25. The van der Waals surface area contributed by atoms with Crippen LogP contribution in [0.15, 0.2) is 18.2 Å². The third-order valence-corrected chi connectivity index (χ3v) is 4.83. The van der Waals surface area contributed by atoms with Crippen LogP contribution in [0.2, 0.25) is 0 Å². The van der Waals surface area contributed by atoms with Crippen LogP contribution >= 0.6 is 0 Å². The van der Waals surface area contributed by atoms with E-state index in [9.17, 15) is 34.5 Å². The van der Waals surface area contributed by atoms with E-state index in [4.69, 9.17) is 5.11 Å². The van der Waals surface area contributed by atoms with E-state index in [1.54, 1.807) is 18.2 Å². The Labute approximate surface area is 213 Å². The van der Waals surface area contributed by atoms with Gasteiger partial charge in [0.2, 0.25) is 0 Å². The van der Waals surface area contributed by atoms with Crippen LogP contribution in [-0.2, 0) is 32.3 Å². The Morgan fingerprint density at radius 2 is 1.38 bits per heavy atom. The van der Waals surface area contributed by atoms with Gasteiger partial charge < -0.3 is 34.8 Å². The molecule has 1 radical (unpaired) electrons. The fourth-order valence-electron chi connectivity index (χ4n) is 3.45. The Hall–Kier alpha value is -1.86. The molecule has 32 heavy (non-hydrogen) atoms. The van der Waals surface area contributed by atoms with Crippen molar-refractivity contribution in [1.29, 1.82) is 0 Å². The maximum absolute atomic E-state index is 11.6. The summed E-state index contributed by atoms with van der Waals surface area (Å²) in [4.78, 5) is 53.8. The molecule has 0 fully saturated rings. The van der Waals surface area contributed by atoms with Crippen LogP contribution in [0.3, 0.4) is 0 Å². The Morgan fingerprint density at radius 3 is 1.75 bits per heavy atom. The van der Waals surface area contributed by atoms with Crippen molar-refractivity contribution >= 4 is 23.9 Å². The van der Waals surface area contributed by atoms with Crippen LogP contribution in [0.5, 0.6) is 0 Å². The molecule has 1 aromatic rings. The smallest absolute Gasteiger partial charge is 0.305 e. The summed E-state index contributed by atoms with van der Waals surface area (Å²) in [5, 5.41) is 43.0. The zero-order valence-electron chi connectivity index (χ0n) is 17.0. The average Bonchev–Trinajstić information content (AvgIpc) is 2.64. The molecule has 1 aromatic heterocycles. The first kappa shape index (κ1) is 28.2. The third kappa shape index (κ3) is 9.74. The quantitative estimate of drug-likeness (QED) is 0.299. The fourth-order valence-corrected chi connectivity index (χ4v) is 3.45. The minimum Gasteiger partial charge on any atom is -0.549 e. The molecule has 183 valence electrons. The van der Waals surface area contributed by atoms with E-state index in [2.05, 4.69) is 4.98 Å². The van der Waals surface area contributed by atoms with Crippen molar-refractivity contribution in [3.63, 3.8) is 0 Å². The van der Waals surface area contributed by atoms with Crippen LogP contribution in [0.25, 0.3) is 0 Å². The zero-order valence-corrected chi connectivity index (χ0v) is 18.8. The van der Waals surface area contributed by atoms with E-state index >= 15 is 0 Å². The topological polar surface area (TPSA) is 180 Å². The molecular weight excluding hydrogens is 581 g/mol. The Bertz CT molecular complexity index is 779. The fraction of sp³-hybridized carbons (Fsp3) is 0.526. The van der Waals surface area contributed by atoms with Crippen molar-refractivity contribution in [2.75, 3.05) is 39.3 Å². The van der Waals surface area contributed by atoms with Gasteiger partial charge in [-0.3, -0.25) is 24.5 Å². The number of carboxylic acid groups (broad SMARTS) is 4. The number of hydrogen-bond acceptors (Lipinski definition) is 11. The van der Waals surface area contributed by atoms with Gasteiger partial charge in [0.15, 0.2) is 0 Å². The maximum Gasteiger partial charge on any atom is 0.305 e. The molecule has 1 atom stereocenters. The minimum absolute atomic E-state index is 0. The van der Waals surface area contributed by atoms with Gasteiger partial charge in [-0.15, -0.1) is 0 Å². The molecule has 0 saturated carbocycles. The first-order valence-electron chi connectivity index (χ1n) is 9.60. The predicted octanol–water partition coefficient (Wildman–Crippen LogP) is -4.91. The number of aromatic nitrogens is 1. The van der Waals surface area contributed by atoms with Gasteiger partial charge in [-0.05, 0) is 12.1 Å². The SMILES string of the molecule is O=C([O-])CN1CCN(C(CC(=O)O)C(=O)[O-])CCN(CC(=O)[O-])Cc2cccc(n2)C1.[Tm]. The van der Waals surface area contributed by atoms with Crippen LogP contribution < -0.4 is 15.3 Å². The van der Waals surface area contributed by atoms with Gasteiger partial charge in [-0.25, -0.2) is 0 Å². The maximum atomic E-state index is 11.6. The third-order valence-electron chi connectivity index (χ3n) is 4.83. The first-order chi connectivity index (χ1) is 14.6. The molecular formula is C19H23N4O8Tm-3. The second kappa shape index (κ2) is 13.6. The molecule has 1 aliphatic heterocycles. The monoisotopic (exact) mass is 604 g/mol. The molecule has 12 nitrogen and oxygen atoms in total.